The Bertz CT molecular complexity index is 932. The second-order valence-corrected chi connectivity index (χ2v) is 9.57. The minimum absolute atomic E-state index is 0.153. The molecule has 0 radical (unpaired) electrons. The molecule has 0 atom stereocenters. The molecule has 4 amide bonds. The number of anilines is 2. The van der Waals surface area contributed by atoms with Crippen molar-refractivity contribution in [3.8, 4) is 0 Å². The molecule has 0 aliphatic rings. The van der Waals surface area contributed by atoms with Gasteiger partial charge in [-0.3, -0.25) is 19.2 Å². The van der Waals surface area contributed by atoms with Crippen molar-refractivity contribution in [1.29, 1.82) is 0 Å². The van der Waals surface area contributed by atoms with Crippen molar-refractivity contribution in [1.82, 2.24) is 19.8 Å². The van der Waals surface area contributed by atoms with Gasteiger partial charge < -0.3 is 20.4 Å². The van der Waals surface area contributed by atoms with E-state index >= 15 is 0 Å². The first-order valence-corrected chi connectivity index (χ1v) is 11.6. The van der Waals surface area contributed by atoms with Crippen LogP contribution in [-0.4, -0.2) is 71.6 Å². The zero-order valence-electron chi connectivity index (χ0n) is 19.1. The highest BCUT2D eigenvalue weighted by atomic mass is 32.1. The fourth-order valence-corrected chi connectivity index (χ4v) is 4.65. The van der Waals surface area contributed by atoms with E-state index in [1.54, 1.807) is 42.0 Å². The number of thiazole rings is 2. The first-order chi connectivity index (χ1) is 15.0. The summed E-state index contributed by atoms with van der Waals surface area (Å²) >= 11 is 2.29. The van der Waals surface area contributed by atoms with E-state index in [1.165, 1.54) is 9.80 Å². The zero-order chi connectivity index (χ0) is 24.0. The van der Waals surface area contributed by atoms with E-state index < -0.39 is 0 Å². The predicted octanol–water partition coefficient (Wildman–Crippen LogP) is 2.76. The van der Waals surface area contributed by atoms with Crippen LogP contribution in [0.2, 0.25) is 0 Å². The van der Waals surface area contributed by atoms with Crippen molar-refractivity contribution < 1.29 is 19.2 Å². The maximum atomic E-state index is 12.1. The summed E-state index contributed by atoms with van der Waals surface area (Å²) in [5.41, 5.74) is 1.15. The predicted molar refractivity (Wildman–Crippen MR) is 125 cm³/mol. The molecule has 0 unspecified atom stereocenters. The lowest BCUT2D eigenvalue weighted by Gasteiger charge is -2.07. The highest BCUT2D eigenvalue weighted by Crippen LogP contribution is 2.25. The third-order valence-corrected chi connectivity index (χ3v) is 6.47. The number of nitrogens with one attached hydrogen (secondary N) is 2. The van der Waals surface area contributed by atoms with Gasteiger partial charge in [0.15, 0.2) is 10.3 Å². The van der Waals surface area contributed by atoms with Crippen LogP contribution < -0.4 is 10.6 Å². The molecule has 0 fully saturated rings. The van der Waals surface area contributed by atoms with Crippen molar-refractivity contribution in [2.75, 3.05) is 38.8 Å². The minimum atomic E-state index is -0.217. The monoisotopic (exact) mass is 480 g/mol. The molecule has 2 aromatic heterocycles. The highest BCUT2D eigenvalue weighted by Gasteiger charge is 2.19. The number of amides is 4. The van der Waals surface area contributed by atoms with Crippen molar-refractivity contribution in [2.45, 2.75) is 39.5 Å². The maximum absolute atomic E-state index is 12.1. The Hall–Kier alpha value is -2.86. The molecule has 2 heterocycles. The van der Waals surface area contributed by atoms with Gasteiger partial charge in [-0.25, -0.2) is 9.97 Å². The van der Waals surface area contributed by atoms with E-state index in [4.69, 9.17) is 0 Å². The average Bonchev–Trinajstić information content (AvgIpc) is 3.25. The molecule has 174 valence electrons. The lowest BCUT2D eigenvalue weighted by molar-refractivity contribution is -0.118. The third-order valence-electron chi connectivity index (χ3n) is 4.34. The Morgan fingerprint density at radius 2 is 1.06 bits per heavy atom. The Balaban J connectivity index is 1.76. The number of carbonyl (C=O) groups is 4. The summed E-state index contributed by atoms with van der Waals surface area (Å²) in [6, 6.07) is 0. The summed E-state index contributed by atoms with van der Waals surface area (Å²) in [4.78, 5) is 60.8. The van der Waals surface area contributed by atoms with Crippen LogP contribution in [0.3, 0.4) is 0 Å². The first kappa shape index (κ1) is 25.4. The molecule has 2 rings (SSSR count). The lowest BCUT2D eigenvalue weighted by Crippen LogP contribution is -2.21. The largest absolute Gasteiger partial charge is 0.344 e. The van der Waals surface area contributed by atoms with Gasteiger partial charge in [0.05, 0.1) is 11.4 Å². The standard InChI is InChI=1S/C20H28N6O4S2/c1-11-15(17(29)25(3)4)31-19(21-11)23-13(27)9-7-8-10-14(28)24-20-22-12(2)16(32-20)18(30)26(5)6/h7-10H2,1-6H3,(H,21,23,27)(H,22,24,28). The topological polar surface area (TPSA) is 125 Å². The van der Waals surface area contributed by atoms with Gasteiger partial charge in [-0.1, -0.05) is 22.7 Å². The molecule has 32 heavy (non-hydrogen) atoms. The fourth-order valence-electron chi connectivity index (χ4n) is 2.64. The molecule has 10 nitrogen and oxygen atoms in total. The Morgan fingerprint density at radius 1 is 0.719 bits per heavy atom. The Morgan fingerprint density at radius 3 is 1.38 bits per heavy atom. The number of aryl methyl sites for hydroxylation is 2. The van der Waals surface area contributed by atoms with Crippen LogP contribution in [-0.2, 0) is 9.59 Å². The number of aromatic nitrogens is 2. The van der Waals surface area contributed by atoms with Crippen LogP contribution in [0.5, 0.6) is 0 Å². The highest BCUT2D eigenvalue weighted by molar-refractivity contribution is 7.18. The summed E-state index contributed by atoms with van der Waals surface area (Å²) in [6.07, 6.45) is 1.52. The minimum Gasteiger partial charge on any atom is -0.344 e. The second kappa shape index (κ2) is 11.1. The van der Waals surface area contributed by atoms with Gasteiger partial charge in [0, 0.05) is 41.0 Å². The molecular formula is C20H28N6O4S2. The van der Waals surface area contributed by atoms with Gasteiger partial charge in [-0.05, 0) is 26.7 Å². The summed E-state index contributed by atoms with van der Waals surface area (Å²) in [6.45, 7) is 3.45. The van der Waals surface area contributed by atoms with Gasteiger partial charge >= 0.3 is 0 Å². The van der Waals surface area contributed by atoms with E-state index in [9.17, 15) is 19.2 Å². The number of nitrogens with zero attached hydrogens (tertiary/aromatic N) is 4. The number of hydrogen-bond acceptors (Lipinski definition) is 8. The first-order valence-electron chi connectivity index (χ1n) is 9.97. The van der Waals surface area contributed by atoms with Crippen LogP contribution >= 0.6 is 22.7 Å². The summed E-state index contributed by atoms with van der Waals surface area (Å²) in [5, 5.41) is 6.19. The molecule has 0 bridgehead atoms. The molecule has 0 saturated heterocycles. The van der Waals surface area contributed by atoms with Crippen molar-refractivity contribution in [3.63, 3.8) is 0 Å². The van der Waals surface area contributed by atoms with Gasteiger partial charge in [0.25, 0.3) is 11.8 Å². The molecule has 2 N–H and O–H groups in total. The van der Waals surface area contributed by atoms with Crippen LogP contribution in [0.4, 0.5) is 10.3 Å². The Kier molecular flexibility index (Phi) is 8.84. The van der Waals surface area contributed by atoms with Gasteiger partial charge in [0.2, 0.25) is 11.8 Å². The Labute approximate surface area is 195 Å². The molecule has 0 aromatic carbocycles. The quantitative estimate of drug-likeness (QED) is 0.532. The van der Waals surface area contributed by atoms with Crippen molar-refractivity contribution in [2.24, 2.45) is 0 Å². The van der Waals surface area contributed by atoms with Crippen molar-refractivity contribution >= 4 is 56.6 Å². The van der Waals surface area contributed by atoms with Gasteiger partial charge in [0.1, 0.15) is 9.75 Å². The van der Waals surface area contributed by atoms with E-state index in [0.717, 1.165) is 22.7 Å². The molecule has 12 heteroatoms. The van der Waals surface area contributed by atoms with Gasteiger partial charge in [-0.2, -0.15) is 0 Å². The number of rotatable bonds is 9. The second-order valence-electron chi connectivity index (χ2n) is 7.57. The van der Waals surface area contributed by atoms with E-state index in [1.807, 2.05) is 0 Å². The van der Waals surface area contributed by atoms with Crippen LogP contribution in [0.25, 0.3) is 0 Å². The fraction of sp³-hybridized carbons (Fsp3) is 0.500. The number of carbonyl (C=O) groups excluding carboxylic acids is 4. The molecule has 2 aromatic rings. The maximum Gasteiger partial charge on any atom is 0.265 e. The third kappa shape index (κ3) is 6.82. The number of unbranched alkanes of at least 4 members (excludes halogenated alkanes) is 1. The average molecular weight is 481 g/mol. The van der Waals surface area contributed by atoms with Crippen LogP contribution in [0.1, 0.15) is 56.4 Å². The normalized spacial score (nSPS) is 10.6. The van der Waals surface area contributed by atoms with Crippen molar-refractivity contribution in [3.05, 3.63) is 21.1 Å². The summed E-state index contributed by atoms with van der Waals surface area (Å²) in [5.74, 6) is -0.740. The zero-order valence-corrected chi connectivity index (χ0v) is 20.7. The lowest BCUT2D eigenvalue weighted by atomic mass is 10.2. The molecule has 0 aliphatic carbocycles. The van der Waals surface area contributed by atoms with Crippen LogP contribution in [0, 0.1) is 13.8 Å². The SMILES string of the molecule is Cc1nc(NC(=O)CCCCC(=O)Nc2nc(C)c(C(=O)N(C)C)s2)sc1C(=O)N(C)C. The van der Waals surface area contributed by atoms with Crippen LogP contribution in [0.15, 0.2) is 0 Å². The van der Waals surface area contributed by atoms with Gasteiger partial charge in [-0.15, -0.1) is 0 Å². The van der Waals surface area contributed by atoms with E-state index in [2.05, 4.69) is 20.6 Å². The van der Waals surface area contributed by atoms with E-state index in [0.29, 0.717) is 44.2 Å². The van der Waals surface area contributed by atoms with E-state index in [-0.39, 0.29) is 36.5 Å². The molecule has 0 spiro atoms. The smallest absolute Gasteiger partial charge is 0.265 e. The summed E-state index contributed by atoms with van der Waals surface area (Å²) < 4.78 is 0. The number of hydrogen-bond donors (Lipinski definition) is 2. The summed E-state index contributed by atoms with van der Waals surface area (Å²) in [7, 11) is 6.64. The molecule has 0 saturated carbocycles. The molecule has 0 aliphatic heterocycles. The molecular weight excluding hydrogens is 452 g/mol.